The van der Waals surface area contributed by atoms with Crippen LogP contribution in [0.3, 0.4) is 0 Å². The Kier molecular flexibility index (Phi) is 6.06. The molecule has 0 bridgehead atoms. The Balaban J connectivity index is 1.58. The summed E-state index contributed by atoms with van der Waals surface area (Å²) in [5.74, 6) is -0.487. The average molecular weight is 578 g/mol. The first-order valence-corrected chi connectivity index (χ1v) is 14.5. The topological polar surface area (TPSA) is 82.1 Å². The first-order valence-electron chi connectivity index (χ1n) is 13.6. The van der Waals surface area contributed by atoms with Crippen molar-refractivity contribution in [2.45, 2.75) is 18.0 Å². The lowest BCUT2D eigenvalue weighted by Gasteiger charge is -2.37. The SMILES string of the molecule is COc1cc([C@@H]2[C@@H](C(=O)c3cccs3)N3c4ccccc4C=C[C@H]3C23C(=O)c2ccccc2C3=O)cc(OC)c1OC. The summed E-state index contributed by atoms with van der Waals surface area (Å²) in [4.78, 5) is 46.8. The van der Waals surface area contributed by atoms with Gasteiger partial charge in [0, 0.05) is 22.7 Å². The molecule has 4 aromatic rings. The number of para-hydroxylation sites is 1. The fourth-order valence-corrected chi connectivity index (χ4v) is 7.83. The van der Waals surface area contributed by atoms with Gasteiger partial charge in [-0.3, -0.25) is 14.4 Å². The van der Waals surface area contributed by atoms with Crippen molar-refractivity contribution >= 4 is 40.4 Å². The van der Waals surface area contributed by atoms with Crippen molar-refractivity contribution in [2.24, 2.45) is 5.41 Å². The van der Waals surface area contributed by atoms with Crippen molar-refractivity contribution in [3.8, 4) is 17.2 Å². The van der Waals surface area contributed by atoms with E-state index in [0.717, 1.165) is 11.3 Å². The van der Waals surface area contributed by atoms with Crippen LogP contribution in [0, 0.1) is 5.41 Å². The minimum atomic E-state index is -1.62. The highest BCUT2D eigenvalue weighted by Gasteiger charge is 2.71. The normalized spacial score (nSPS) is 21.2. The Morgan fingerprint density at radius 1 is 0.833 bits per heavy atom. The van der Waals surface area contributed by atoms with E-state index in [0.29, 0.717) is 38.8 Å². The molecule has 0 amide bonds. The van der Waals surface area contributed by atoms with Crippen molar-refractivity contribution in [3.05, 3.63) is 111 Å². The van der Waals surface area contributed by atoms with Crippen LogP contribution < -0.4 is 19.1 Å². The highest BCUT2D eigenvalue weighted by atomic mass is 32.1. The minimum Gasteiger partial charge on any atom is -0.493 e. The van der Waals surface area contributed by atoms with Crippen LogP contribution in [-0.4, -0.2) is 50.8 Å². The number of fused-ring (bicyclic) bond motifs is 5. The van der Waals surface area contributed by atoms with Crippen molar-refractivity contribution in [1.29, 1.82) is 0 Å². The summed E-state index contributed by atoms with van der Waals surface area (Å²) >= 11 is 1.34. The lowest BCUT2D eigenvalue weighted by Crippen LogP contribution is -2.48. The number of thiophene rings is 1. The molecule has 1 aromatic heterocycles. The van der Waals surface area contributed by atoms with Crippen molar-refractivity contribution in [2.75, 3.05) is 26.2 Å². The maximum Gasteiger partial charge on any atom is 0.203 e. The lowest BCUT2D eigenvalue weighted by molar-refractivity contribution is 0.0665. The van der Waals surface area contributed by atoms with Gasteiger partial charge in [0.15, 0.2) is 28.8 Å². The van der Waals surface area contributed by atoms with Crippen LogP contribution in [-0.2, 0) is 0 Å². The Hall–Kier alpha value is -4.69. The quantitative estimate of drug-likeness (QED) is 0.203. The molecular weight excluding hydrogens is 550 g/mol. The predicted molar refractivity (Wildman–Crippen MR) is 161 cm³/mol. The molecule has 3 aromatic carbocycles. The summed E-state index contributed by atoms with van der Waals surface area (Å²) in [5.41, 5.74) is 1.41. The fourth-order valence-electron chi connectivity index (χ4n) is 7.14. The zero-order chi connectivity index (χ0) is 29.2. The van der Waals surface area contributed by atoms with E-state index in [4.69, 9.17) is 14.2 Å². The van der Waals surface area contributed by atoms with Crippen LogP contribution in [0.2, 0.25) is 0 Å². The molecule has 2 aliphatic heterocycles. The minimum absolute atomic E-state index is 0.160. The number of nitrogens with zero attached hydrogens (tertiary/aromatic N) is 1. The summed E-state index contributed by atoms with van der Waals surface area (Å²) in [7, 11) is 4.55. The standard InChI is InChI=1S/C34H27NO6S/c1-39-24-17-20(18-25(40-2)31(24)41-3)28-29(30(36)26-13-8-16-42-26)35-23-12-7-4-9-19(23)14-15-27(35)34(28)32(37)21-10-5-6-11-22(21)33(34)38/h4-18,27-29H,1-3H3/t27-,28+,29-/m0/s1. The van der Waals surface area contributed by atoms with Gasteiger partial charge in [-0.15, -0.1) is 11.3 Å². The van der Waals surface area contributed by atoms with Crippen LogP contribution >= 0.6 is 11.3 Å². The largest absolute Gasteiger partial charge is 0.493 e. The molecule has 1 saturated heterocycles. The molecule has 210 valence electrons. The van der Waals surface area contributed by atoms with E-state index < -0.39 is 23.4 Å². The first kappa shape index (κ1) is 26.2. The molecule has 42 heavy (non-hydrogen) atoms. The van der Waals surface area contributed by atoms with Gasteiger partial charge in [0.2, 0.25) is 5.75 Å². The van der Waals surface area contributed by atoms with E-state index >= 15 is 0 Å². The second-order valence-corrected chi connectivity index (χ2v) is 11.5. The number of hydrogen-bond acceptors (Lipinski definition) is 8. The molecular formula is C34H27NO6S. The van der Waals surface area contributed by atoms with Gasteiger partial charge in [0.25, 0.3) is 0 Å². The maximum absolute atomic E-state index is 14.8. The van der Waals surface area contributed by atoms with E-state index in [2.05, 4.69) is 0 Å². The van der Waals surface area contributed by atoms with E-state index in [1.54, 1.807) is 42.5 Å². The predicted octanol–water partition coefficient (Wildman–Crippen LogP) is 6.09. The molecule has 1 aliphatic carbocycles. The number of ether oxygens (including phenoxy) is 3. The first-order chi connectivity index (χ1) is 20.5. The van der Waals surface area contributed by atoms with E-state index in [-0.39, 0.29) is 17.3 Å². The van der Waals surface area contributed by atoms with Crippen LogP contribution in [0.4, 0.5) is 5.69 Å². The van der Waals surface area contributed by atoms with Crippen molar-refractivity contribution in [1.82, 2.24) is 0 Å². The summed E-state index contributed by atoms with van der Waals surface area (Å²) in [6, 6.07) is 20.3. The van der Waals surface area contributed by atoms with Crippen LogP contribution in [0.25, 0.3) is 6.08 Å². The highest BCUT2D eigenvalue weighted by Crippen LogP contribution is 2.62. The molecule has 7 rings (SSSR count). The number of ketones is 3. The third-order valence-corrected chi connectivity index (χ3v) is 9.68. The van der Waals surface area contributed by atoms with Gasteiger partial charge in [0.05, 0.1) is 32.2 Å². The Labute approximate surface area is 247 Å². The van der Waals surface area contributed by atoms with E-state index in [1.165, 1.54) is 32.7 Å². The molecule has 3 heterocycles. The van der Waals surface area contributed by atoms with Crippen molar-refractivity contribution < 1.29 is 28.6 Å². The Morgan fingerprint density at radius 3 is 2.07 bits per heavy atom. The number of carbonyl (C=O) groups excluding carboxylic acids is 3. The molecule has 0 radical (unpaired) electrons. The lowest BCUT2D eigenvalue weighted by atomic mass is 9.64. The van der Waals surface area contributed by atoms with Crippen molar-refractivity contribution in [3.63, 3.8) is 0 Å². The molecule has 1 fully saturated rings. The van der Waals surface area contributed by atoms with Gasteiger partial charge >= 0.3 is 0 Å². The molecule has 1 spiro atoms. The number of anilines is 1. The van der Waals surface area contributed by atoms with Crippen LogP contribution in [0.5, 0.6) is 17.2 Å². The van der Waals surface area contributed by atoms with Gasteiger partial charge in [-0.25, -0.2) is 0 Å². The molecule has 0 N–H and O–H groups in total. The summed E-state index contributed by atoms with van der Waals surface area (Å²) in [6.07, 6.45) is 3.86. The zero-order valence-electron chi connectivity index (χ0n) is 23.2. The highest BCUT2D eigenvalue weighted by molar-refractivity contribution is 7.12. The molecule has 0 saturated carbocycles. The second kappa shape index (κ2) is 9.70. The maximum atomic E-state index is 14.8. The Morgan fingerprint density at radius 2 is 1.48 bits per heavy atom. The van der Waals surface area contributed by atoms with Gasteiger partial charge in [-0.05, 0) is 40.8 Å². The molecule has 3 aliphatic rings. The molecule has 8 heteroatoms. The number of rotatable bonds is 6. The Bertz CT molecular complexity index is 1730. The number of Topliss-reactive ketones (excluding diaryl/α,β-unsaturated/α-hetero) is 3. The number of hydrogen-bond donors (Lipinski definition) is 0. The number of methoxy groups -OCH3 is 3. The summed E-state index contributed by atoms with van der Waals surface area (Å²) < 4.78 is 17.0. The average Bonchev–Trinajstić information content (AvgIpc) is 3.73. The number of carbonyl (C=O) groups is 3. The van der Waals surface area contributed by atoms with E-state index in [1.807, 2.05) is 52.8 Å². The summed E-state index contributed by atoms with van der Waals surface area (Å²) in [5, 5.41) is 1.86. The summed E-state index contributed by atoms with van der Waals surface area (Å²) in [6.45, 7) is 0. The van der Waals surface area contributed by atoms with Gasteiger partial charge in [-0.1, -0.05) is 60.7 Å². The molecule has 7 nitrogen and oxygen atoms in total. The molecule has 3 atom stereocenters. The van der Waals surface area contributed by atoms with Crippen LogP contribution in [0.15, 0.2) is 84.3 Å². The fraction of sp³-hybridized carbons (Fsp3) is 0.206. The van der Waals surface area contributed by atoms with E-state index in [9.17, 15) is 14.4 Å². The van der Waals surface area contributed by atoms with Gasteiger partial charge in [-0.2, -0.15) is 0 Å². The smallest absolute Gasteiger partial charge is 0.203 e. The van der Waals surface area contributed by atoms with Gasteiger partial charge in [0.1, 0.15) is 11.5 Å². The molecule has 0 unspecified atom stereocenters. The third kappa shape index (κ3) is 3.35. The number of benzene rings is 3. The second-order valence-electron chi connectivity index (χ2n) is 10.6. The monoisotopic (exact) mass is 577 g/mol. The zero-order valence-corrected chi connectivity index (χ0v) is 24.0. The van der Waals surface area contributed by atoms with Crippen LogP contribution in [0.1, 0.15) is 47.4 Å². The third-order valence-electron chi connectivity index (χ3n) is 8.79. The van der Waals surface area contributed by atoms with Gasteiger partial charge < -0.3 is 19.1 Å².